The fraction of sp³-hybridized carbons (Fsp3) is 0.500. The van der Waals surface area contributed by atoms with Crippen molar-refractivity contribution in [1.29, 1.82) is 0 Å². The minimum Gasteiger partial charge on any atom is -0.363 e. The van der Waals surface area contributed by atoms with Gasteiger partial charge in [0.25, 0.3) is 0 Å². The highest BCUT2D eigenvalue weighted by Gasteiger charge is 2.03. The van der Waals surface area contributed by atoms with Gasteiger partial charge < -0.3 is 9.13 Å². The van der Waals surface area contributed by atoms with Crippen LogP contribution in [0.4, 0.5) is 23.0 Å². The van der Waals surface area contributed by atoms with E-state index in [-0.39, 0.29) is 4.70 Å². The van der Waals surface area contributed by atoms with Gasteiger partial charge in [-0.05, 0) is 23.8 Å². The van der Waals surface area contributed by atoms with E-state index >= 15 is 0 Å². The van der Waals surface area contributed by atoms with Crippen LogP contribution in [0.1, 0.15) is 27.7 Å². The third-order valence-electron chi connectivity index (χ3n) is 2.33. The second-order valence-corrected chi connectivity index (χ2v) is 4.05. The summed E-state index contributed by atoms with van der Waals surface area (Å²) >= 11 is 0. The van der Waals surface area contributed by atoms with Crippen molar-refractivity contribution in [3.8, 4) is 0 Å². The Labute approximate surface area is 143 Å². The minimum atomic E-state index is 0. The van der Waals surface area contributed by atoms with Crippen LogP contribution >= 0.6 is 0 Å². The molecule has 2 nitrogen and oxygen atoms in total. The van der Waals surface area contributed by atoms with E-state index in [0.29, 0.717) is 6.71 Å². The molecule has 144 valence electrons. The Morgan fingerprint density at radius 3 is 1.25 bits per heavy atom. The largest absolute Gasteiger partial charge is 0.363 e. The lowest BCUT2D eigenvalue weighted by atomic mass is 9.52. The SMILES string of the molecule is CB(C)c1cccn1C.CC.CC.Cn1cccc1.F.FF.FF. The Bertz CT molecular complexity index is 393. The molecule has 0 saturated heterocycles. The van der Waals surface area contributed by atoms with Gasteiger partial charge in [-0.15, -0.1) is 0 Å². The third-order valence-corrected chi connectivity index (χ3v) is 2.33. The molecule has 0 bridgehead atoms. The van der Waals surface area contributed by atoms with Gasteiger partial charge in [0.1, 0.15) is 0 Å². The molecule has 0 aromatic carbocycles. The fourth-order valence-electron chi connectivity index (χ4n) is 1.49. The predicted molar refractivity (Wildman–Crippen MR) is 97.6 cm³/mol. The molecule has 2 rings (SSSR count). The van der Waals surface area contributed by atoms with Crippen LogP contribution in [0.25, 0.3) is 0 Å². The van der Waals surface area contributed by atoms with Gasteiger partial charge in [-0.2, -0.15) is 0 Å². The molecule has 0 radical (unpaired) electrons. The second kappa shape index (κ2) is 29.3. The molecule has 0 aliphatic heterocycles. The Morgan fingerprint density at radius 1 is 0.750 bits per heavy atom. The number of hydrogen-bond acceptors (Lipinski definition) is 0. The zero-order valence-corrected chi connectivity index (χ0v) is 15.9. The number of halogens is 5. The maximum atomic E-state index is 8.00. The Hall–Kier alpha value is -1.73. The number of aromatic nitrogens is 2. The first-order chi connectivity index (χ1) is 11.1. The number of hydrogen-bond donors (Lipinski definition) is 0. The van der Waals surface area contributed by atoms with E-state index in [0.717, 1.165) is 0 Å². The molecule has 0 aliphatic rings. The molecule has 0 atom stereocenters. The van der Waals surface area contributed by atoms with Gasteiger partial charge in [0.05, 0.1) is 0 Å². The highest BCUT2D eigenvalue weighted by Crippen LogP contribution is 1.86. The molecule has 0 saturated carbocycles. The van der Waals surface area contributed by atoms with E-state index in [9.17, 15) is 0 Å². The first-order valence-corrected chi connectivity index (χ1v) is 7.58. The minimum absolute atomic E-state index is 0. The lowest BCUT2D eigenvalue weighted by Crippen LogP contribution is -2.28. The molecular weight excluding hydrogens is 326 g/mol. The zero-order chi connectivity index (χ0) is 19.3. The van der Waals surface area contributed by atoms with Crippen molar-refractivity contribution in [2.24, 2.45) is 14.1 Å². The molecule has 0 fully saturated rings. The van der Waals surface area contributed by atoms with Gasteiger partial charge in [-0.25, -0.2) is 0 Å². The normalized spacial score (nSPS) is 6.83. The molecule has 0 spiro atoms. The molecule has 0 aliphatic carbocycles. The maximum absolute atomic E-state index is 8.00. The van der Waals surface area contributed by atoms with Crippen LogP contribution in [-0.2, 0) is 14.1 Å². The lowest BCUT2D eigenvalue weighted by molar-refractivity contribution is 0.108. The molecule has 0 amide bonds. The summed E-state index contributed by atoms with van der Waals surface area (Å²) in [5.41, 5.74) is 1.40. The third kappa shape index (κ3) is 20.3. The summed E-state index contributed by atoms with van der Waals surface area (Å²) < 4.78 is 36.2. The average molecular weight is 358 g/mol. The van der Waals surface area contributed by atoms with Crippen molar-refractivity contribution in [2.45, 2.75) is 41.3 Å². The maximum Gasteiger partial charge on any atom is 0.191 e. The van der Waals surface area contributed by atoms with Crippen LogP contribution in [-0.4, -0.2) is 15.8 Å². The van der Waals surface area contributed by atoms with E-state index in [4.69, 9.17) is 18.3 Å². The highest BCUT2D eigenvalue weighted by atomic mass is 20.0. The quantitative estimate of drug-likeness (QED) is 0.444. The summed E-state index contributed by atoms with van der Waals surface area (Å²) in [5.74, 6) is 0. The van der Waals surface area contributed by atoms with Crippen molar-refractivity contribution >= 4 is 12.3 Å². The molecule has 24 heavy (non-hydrogen) atoms. The highest BCUT2D eigenvalue weighted by molar-refractivity contribution is 6.70. The van der Waals surface area contributed by atoms with Crippen LogP contribution in [0, 0.1) is 0 Å². The van der Waals surface area contributed by atoms with Crippen LogP contribution in [0.15, 0.2) is 42.9 Å². The summed E-state index contributed by atoms with van der Waals surface area (Å²) in [4.78, 5) is 0. The second-order valence-electron chi connectivity index (χ2n) is 4.05. The van der Waals surface area contributed by atoms with Crippen molar-refractivity contribution in [3.05, 3.63) is 42.9 Å². The van der Waals surface area contributed by atoms with E-state index in [1.165, 1.54) is 5.59 Å². The van der Waals surface area contributed by atoms with Gasteiger partial charge in [0, 0.05) is 51.0 Å². The van der Waals surface area contributed by atoms with Gasteiger partial charge in [-0.3, -0.25) is 4.70 Å². The van der Waals surface area contributed by atoms with E-state index in [1.54, 1.807) is 0 Å². The molecule has 2 aromatic rings. The average Bonchev–Trinajstić information content (AvgIpc) is 3.26. The molecule has 8 heteroatoms. The van der Waals surface area contributed by atoms with Crippen LogP contribution in [0.2, 0.25) is 13.6 Å². The summed E-state index contributed by atoms with van der Waals surface area (Å²) in [5, 5.41) is 0. The molecule has 2 aromatic heterocycles. The van der Waals surface area contributed by atoms with Gasteiger partial charge >= 0.3 is 0 Å². The standard InChI is InChI=1S/C7H12BN.C5H7N.2C2H6.2F2.FH/c1-8(2)7-5-4-6-9(7)3;1-6-4-2-3-5-6;4*1-2;/h4-6H,1-3H3;2-5H,1H3;2*1-2H3;;;1H. The van der Waals surface area contributed by atoms with Crippen LogP contribution in [0.5, 0.6) is 0 Å². The summed E-state index contributed by atoms with van der Waals surface area (Å²) in [6, 6.07) is 8.24. The first kappa shape index (κ1) is 33.8. The van der Waals surface area contributed by atoms with E-state index < -0.39 is 0 Å². The van der Waals surface area contributed by atoms with Gasteiger partial charge in [-0.1, -0.05) is 47.4 Å². The molecule has 2 heterocycles. The Morgan fingerprint density at radius 2 is 1.12 bits per heavy atom. The van der Waals surface area contributed by atoms with Crippen molar-refractivity contribution in [3.63, 3.8) is 0 Å². The number of rotatable bonds is 1. The topological polar surface area (TPSA) is 9.86 Å². The first-order valence-electron chi connectivity index (χ1n) is 7.58. The molecular formula is C16H32BF5N2. The van der Waals surface area contributed by atoms with Crippen molar-refractivity contribution in [2.75, 3.05) is 0 Å². The monoisotopic (exact) mass is 358 g/mol. The van der Waals surface area contributed by atoms with Crippen LogP contribution < -0.4 is 5.59 Å². The smallest absolute Gasteiger partial charge is 0.191 e. The number of nitrogens with zero attached hydrogens (tertiary/aromatic N) is 2. The van der Waals surface area contributed by atoms with E-state index in [1.807, 2.05) is 63.8 Å². The van der Waals surface area contributed by atoms with Gasteiger partial charge in [0.2, 0.25) is 0 Å². The lowest BCUT2D eigenvalue weighted by Gasteiger charge is -2.01. The van der Waals surface area contributed by atoms with Crippen molar-refractivity contribution < 1.29 is 23.0 Å². The molecule has 0 N–H and O–H groups in total. The predicted octanol–water partition coefficient (Wildman–Crippen LogP) is 5.90. The van der Waals surface area contributed by atoms with Crippen LogP contribution in [0.3, 0.4) is 0 Å². The zero-order valence-electron chi connectivity index (χ0n) is 15.9. The van der Waals surface area contributed by atoms with E-state index in [2.05, 4.69) is 43.6 Å². The summed E-state index contributed by atoms with van der Waals surface area (Å²) in [6.45, 7) is 13.1. The summed E-state index contributed by atoms with van der Waals surface area (Å²) in [6.07, 6.45) is 6.08. The Kier molecular flexibility index (Phi) is 41.3. The van der Waals surface area contributed by atoms with Gasteiger partial charge in [0.15, 0.2) is 6.71 Å². The Balaban J connectivity index is -0.0000000706. The van der Waals surface area contributed by atoms with Crippen molar-refractivity contribution in [1.82, 2.24) is 9.13 Å². The number of aryl methyl sites for hydroxylation is 2. The molecule has 0 unspecified atom stereocenters. The fourth-order valence-corrected chi connectivity index (χ4v) is 1.49. The summed E-state index contributed by atoms with van der Waals surface area (Å²) in [7, 11) is 4.08.